The molecule has 0 amide bonds. The average Bonchev–Trinajstić information content (AvgIpc) is 2.66. The van der Waals surface area contributed by atoms with Crippen LogP contribution in [0.4, 0.5) is 5.82 Å². The van der Waals surface area contributed by atoms with Gasteiger partial charge in [-0.15, -0.1) is 0 Å². The van der Waals surface area contributed by atoms with E-state index in [4.69, 9.17) is 5.73 Å². The van der Waals surface area contributed by atoms with E-state index in [9.17, 15) is 8.42 Å². The molecule has 110 valence electrons. The van der Waals surface area contributed by atoms with Crippen LogP contribution in [-0.2, 0) is 17.1 Å². The van der Waals surface area contributed by atoms with E-state index in [0.717, 1.165) is 32.1 Å². The van der Waals surface area contributed by atoms with Crippen molar-refractivity contribution in [1.82, 2.24) is 14.5 Å². The first-order chi connectivity index (χ1) is 8.90. The molecule has 1 unspecified atom stereocenters. The van der Waals surface area contributed by atoms with Gasteiger partial charge in [-0.1, -0.05) is 33.1 Å². The topological polar surface area (TPSA) is 90.0 Å². The van der Waals surface area contributed by atoms with Crippen LogP contribution >= 0.6 is 0 Å². The number of aromatic nitrogens is 2. The van der Waals surface area contributed by atoms with Gasteiger partial charge >= 0.3 is 0 Å². The number of sulfonamides is 1. The van der Waals surface area contributed by atoms with Crippen LogP contribution in [0.25, 0.3) is 0 Å². The van der Waals surface area contributed by atoms with Crippen molar-refractivity contribution in [3.63, 3.8) is 0 Å². The second kappa shape index (κ2) is 6.91. The first-order valence-electron chi connectivity index (χ1n) is 6.72. The number of hydrogen-bond acceptors (Lipinski definition) is 4. The molecule has 1 rings (SSSR count). The predicted molar refractivity (Wildman–Crippen MR) is 76.2 cm³/mol. The lowest BCUT2D eigenvalue weighted by Crippen LogP contribution is -2.35. The Hall–Kier alpha value is -1.08. The molecule has 0 aliphatic heterocycles. The lowest BCUT2D eigenvalue weighted by molar-refractivity contribution is 0.483. The molecule has 1 atom stereocenters. The number of nitrogens with zero attached hydrogens (tertiary/aromatic N) is 2. The summed E-state index contributed by atoms with van der Waals surface area (Å²) in [4.78, 5) is 0.0626. The molecule has 0 aliphatic carbocycles. The highest BCUT2D eigenvalue weighted by Crippen LogP contribution is 2.17. The minimum absolute atomic E-state index is 0.0328. The summed E-state index contributed by atoms with van der Waals surface area (Å²) in [6, 6.07) is -0.0328. The summed E-state index contributed by atoms with van der Waals surface area (Å²) in [5, 5.41) is 3.87. The second-order valence-corrected chi connectivity index (χ2v) is 6.48. The third-order valence-electron chi connectivity index (χ3n) is 2.98. The van der Waals surface area contributed by atoms with Crippen molar-refractivity contribution < 1.29 is 8.42 Å². The number of rotatable bonds is 8. The van der Waals surface area contributed by atoms with E-state index >= 15 is 0 Å². The lowest BCUT2D eigenvalue weighted by atomic mass is 10.1. The van der Waals surface area contributed by atoms with E-state index in [2.05, 4.69) is 16.7 Å². The third-order valence-corrected chi connectivity index (χ3v) is 4.51. The summed E-state index contributed by atoms with van der Waals surface area (Å²) in [6.07, 6.45) is 6.12. The maximum atomic E-state index is 12.3. The standard InChI is InChI=1S/C12H24N4O2S/c1-4-6-8-10(7-5-2)15-19(17,18)11-9-16(3)14-12(11)13/h9-10,15H,4-8H2,1-3H3,(H2,13,14). The Morgan fingerprint density at radius 2 is 2.05 bits per heavy atom. The number of aryl methyl sites for hydroxylation is 1. The van der Waals surface area contributed by atoms with E-state index in [1.54, 1.807) is 7.05 Å². The molecular weight excluding hydrogens is 264 g/mol. The minimum atomic E-state index is -3.58. The summed E-state index contributed by atoms with van der Waals surface area (Å²) in [5.74, 6) is 0.0424. The maximum absolute atomic E-state index is 12.3. The highest BCUT2D eigenvalue weighted by molar-refractivity contribution is 7.89. The zero-order valence-electron chi connectivity index (χ0n) is 11.9. The molecular formula is C12H24N4O2S. The Bertz CT molecular complexity index is 496. The number of anilines is 1. The molecule has 1 aromatic rings. The van der Waals surface area contributed by atoms with Crippen molar-refractivity contribution in [1.29, 1.82) is 0 Å². The average molecular weight is 288 g/mol. The molecule has 7 heteroatoms. The number of nitrogens with two attached hydrogens (primary N) is 1. The Kier molecular flexibility index (Phi) is 5.81. The van der Waals surface area contributed by atoms with Gasteiger partial charge in [0.2, 0.25) is 10.0 Å². The van der Waals surface area contributed by atoms with Gasteiger partial charge in [-0.3, -0.25) is 4.68 Å². The van der Waals surface area contributed by atoms with Crippen LogP contribution in [0.3, 0.4) is 0 Å². The van der Waals surface area contributed by atoms with E-state index in [0.29, 0.717) is 0 Å². The molecule has 3 N–H and O–H groups in total. The fraction of sp³-hybridized carbons (Fsp3) is 0.750. The van der Waals surface area contributed by atoms with Gasteiger partial charge in [-0.2, -0.15) is 5.10 Å². The summed E-state index contributed by atoms with van der Waals surface area (Å²) >= 11 is 0. The number of unbranched alkanes of at least 4 members (excludes halogenated alkanes) is 1. The number of nitrogen functional groups attached to an aromatic ring is 1. The zero-order valence-corrected chi connectivity index (χ0v) is 12.7. The van der Waals surface area contributed by atoms with E-state index < -0.39 is 10.0 Å². The monoisotopic (exact) mass is 288 g/mol. The molecule has 0 spiro atoms. The summed E-state index contributed by atoms with van der Waals surface area (Å²) in [7, 11) is -1.93. The summed E-state index contributed by atoms with van der Waals surface area (Å²) in [5.41, 5.74) is 5.63. The second-order valence-electron chi connectivity index (χ2n) is 4.80. The van der Waals surface area contributed by atoms with Gasteiger partial charge in [0, 0.05) is 19.3 Å². The largest absolute Gasteiger partial charge is 0.381 e. The first kappa shape index (κ1) is 16.0. The normalized spacial score (nSPS) is 13.6. The van der Waals surface area contributed by atoms with Crippen LogP contribution in [0.15, 0.2) is 11.1 Å². The summed E-state index contributed by atoms with van der Waals surface area (Å²) < 4.78 is 28.7. The Morgan fingerprint density at radius 1 is 1.37 bits per heavy atom. The Labute approximate surface area is 115 Å². The number of hydrogen-bond donors (Lipinski definition) is 2. The molecule has 0 radical (unpaired) electrons. The highest BCUT2D eigenvalue weighted by Gasteiger charge is 2.23. The van der Waals surface area contributed by atoms with Gasteiger partial charge in [0.1, 0.15) is 4.90 Å². The van der Waals surface area contributed by atoms with E-state index in [-0.39, 0.29) is 16.8 Å². The van der Waals surface area contributed by atoms with Crippen molar-refractivity contribution in [2.24, 2.45) is 7.05 Å². The quantitative estimate of drug-likeness (QED) is 0.761. The highest BCUT2D eigenvalue weighted by atomic mass is 32.2. The summed E-state index contributed by atoms with van der Waals surface area (Å²) in [6.45, 7) is 4.14. The van der Waals surface area contributed by atoms with Crippen LogP contribution in [-0.4, -0.2) is 24.2 Å². The van der Waals surface area contributed by atoms with Gasteiger partial charge < -0.3 is 5.73 Å². The molecule has 19 heavy (non-hydrogen) atoms. The van der Waals surface area contributed by atoms with E-state index in [1.807, 2.05) is 6.92 Å². The fourth-order valence-electron chi connectivity index (χ4n) is 2.04. The first-order valence-corrected chi connectivity index (χ1v) is 8.20. The van der Waals surface area contributed by atoms with Crippen molar-refractivity contribution in [3.8, 4) is 0 Å². The van der Waals surface area contributed by atoms with Crippen LogP contribution < -0.4 is 10.5 Å². The van der Waals surface area contributed by atoms with Crippen LogP contribution in [0.5, 0.6) is 0 Å². The SMILES string of the molecule is CCCCC(CCC)NS(=O)(=O)c1cn(C)nc1N. The molecule has 1 heterocycles. The fourth-order valence-corrected chi connectivity index (χ4v) is 3.44. The molecule has 6 nitrogen and oxygen atoms in total. The Morgan fingerprint density at radius 3 is 2.53 bits per heavy atom. The molecule has 0 fully saturated rings. The third kappa shape index (κ3) is 4.50. The van der Waals surface area contributed by atoms with Gasteiger partial charge in [0.25, 0.3) is 0 Å². The number of nitrogens with one attached hydrogen (secondary N) is 1. The Balaban J connectivity index is 2.84. The van der Waals surface area contributed by atoms with E-state index in [1.165, 1.54) is 10.9 Å². The van der Waals surface area contributed by atoms with Crippen LogP contribution in [0, 0.1) is 0 Å². The van der Waals surface area contributed by atoms with Crippen molar-refractivity contribution in [2.75, 3.05) is 5.73 Å². The maximum Gasteiger partial charge on any atom is 0.246 e. The van der Waals surface area contributed by atoms with Crippen molar-refractivity contribution in [3.05, 3.63) is 6.20 Å². The molecule has 1 aromatic heterocycles. The lowest BCUT2D eigenvalue weighted by Gasteiger charge is -2.17. The zero-order chi connectivity index (χ0) is 14.5. The molecule has 0 aliphatic rings. The van der Waals surface area contributed by atoms with Crippen LogP contribution in [0.2, 0.25) is 0 Å². The van der Waals surface area contributed by atoms with Gasteiger partial charge in [-0.05, 0) is 12.8 Å². The molecule has 0 saturated heterocycles. The van der Waals surface area contributed by atoms with Crippen molar-refractivity contribution in [2.45, 2.75) is 56.9 Å². The molecule has 0 aromatic carbocycles. The molecule has 0 saturated carbocycles. The minimum Gasteiger partial charge on any atom is -0.381 e. The van der Waals surface area contributed by atoms with Gasteiger partial charge in [-0.25, -0.2) is 13.1 Å². The van der Waals surface area contributed by atoms with Crippen LogP contribution in [0.1, 0.15) is 46.0 Å². The van der Waals surface area contributed by atoms with Crippen molar-refractivity contribution >= 4 is 15.8 Å². The van der Waals surface area contributed by atoms with Gasteiger partial charge in [0.05, 0.1) is 0 Å². The smallest absolute Gasteiger partial charge is 0.246 e. The molecule has 0 bridgehead atoms. The van der Waals surface area contributed by atoms with Gasteiger partial charge in [0.15, 0.2) is 5.82 Å². The predicted octanol–water partition coefficient (Wildman–Crippen LogP) is 1.64.